The van der Waals surface area contributed by atoms with Gasteiger partial charge in [0.2, 0.25) is 0 Å². The Balaban J connectivity index is 1.79. The Kier molecular flexibility index (Phi) is 3.91. The zero-order valence-corrected chi connectivity index (χ0v) is 13.4. The lowest BCUT2D eigenvalue weighted by molar-refractivity contribution is 0.0311. The van der Waals surface area contributed by atoms with E-state index in [1.807, 2.05) is 19.2 Å². The summed E-state index contributed by atoms with van der Waals surface area (Å²) in [6, 6.07) is 1.98. The number of pyridine rings is 2. The first-order valence-corrected chi connectivity index (χ1v) is 7.78. The van der Waals surface area contributed by atoms with Crippen LogP contribution in [-0.2, 0) is 0 Å². The molecule has 1 fully saturated rings. The highest BCUT2D eigenvalue weighted by molar-refractivity contribution is 5.90. The van der Waals surface area contributed by atoms with Crippen LogP contribution in [0.15, 0.2) is 24.7 Å². The number of hydrogen-bond acceptors (Lipinski definition) is 5. The van der Waals surface area contributed by atoms with Crippen molar-refractivity contribution in [3.8, 4) is 5.75 Å². The molecule has 2 aromatic rings. The zero-order chi connectivity index (χ0) is 15.7. The summed E-state index contributed by atoms with van der Waals surface area (Å²) in [5, 5.41) is 10.9. The second kappa shape index (κ2) is 5.72. The normalized spacial score (nSPS) is 16.9. The molecular formula is C17H23N3O2. The van der Waals surface area contributed by atoms with Gasteiger partial charge in [0.25, 0.3) is 0 Å². The maximum absolute atomic E-state index is 9.90. The molecule has 0 unspecified atom stereocenters. The minimum absolute atomic E-state index is 0.609. The number of aliphatic hydroxyl groups is 1. The third-order valence-corrected chi connectivity index (χ3v) is 3.91. The predicted octanol–water partition coefficient (Wildman–Crippen LogP) is 2.63. The minimum Gasteiger partial charge on any atom is -0.492 e. The number of ether oxygens (including phenoxy) is 1. The van der Waals surface area contributed by atoms with E-state index in [4.69, 9.17) is 4.74 Å². The Labute approximate surface area is 130 Å². The lowest BCUT2D eigenvalue weighted by Gasteiger charge is -2.45. The van der Waals surface area contributed by atoms with E-state index >= 15 is 0 Å². The topological polar surface area (TPSA) is 58.5 Å². The summed E-state index contributed by atoms with van der Waals surface area (Å²) in [5.74, 6) is 1.41. The van der Waals surface area contributed by atoms with Crippen molar-refractivity contribution in [2.24, 2.45) is 5.92 Å². The fourth-order valence-electron chi connectivity index (χ4n) is 2.69. The lowest BCUT2D eigenvalue weighted by Crippen LogP contribution is -2.60. The average molecular weight is 301 g/mol. The summed E-state index contributed by atoms with van der Waals surface area (Å²) in [6.45, 7) is 8.13. The molecule has 1 aliphatic rings. The smallest absolute Gasteiger partial charge is 0.138 e. The Bertz CT molecular complexity index is 662. The molecule has 118 valence electrons. The summed E-state index contributed by atoms with van der Waals surface area (Å²) < 4.78 is 5.75. The molecule has 0 aromatic carbocycles. The predicted molar refractivity (Wildman–Crippen MR) is 87.3 cm³/mol. The maximum atomic E-state index is 9.90. The van der Waals surface area contributed by atoms with Crippen molar-refractivity contribution in [1.82, 2.24) is 9.97 Å². The molecule has 2 aromatic heterocycles. The fraction of sp³-hybridized carbons (Fsp3) is 0.529. The number of fused-ring (bicyclic) bond motifs is 1. The SMILES string of the molecule is CC(C)CCOc1cnc2c(N3CC(C)(O)C3)cncc2c1. The third-order valence-electron chi connectivity index (χ3n) is 3.91. The minimum atomic E-state index is -0.609. The van der Waals surface area contributed by atoms with Gasteiger partial charge in [0.05, 0.1) is 35.8 Å². The molecule has 1 N–H and O–H groups in total. The molecule has 0 bridgehead atoms. The molecule has 5 heteroatoms. The van der Waals surface area contributed by atoms with Gasteiger partial charge < -0.3 is 14.7 Å². The highest BCUT2D eigenvalue weighted by atomic mass is 16.5. The van der Waals surface area contributed by atoms with Gasteiger partial charge in [-0.3, -0.25) is 9.97 Å². The third kappa shape index (κ3) is 3.14. The van der Waals surface area contributed by atoms with Gasteiger partial charge >= 0.3 is 0 Å². The second-order valence-corrected chi connectivity index (χ2v) is 6.79. The van der Waals surface area contributed by atoms with Crippen LogP contribution in [0.25, 0.3) is 10.9 Å². The van der Waals surface area contributed by atoms with Crippen LogP contribution in [0.3, 0.4) is 0 Å². The first kappa shape index (κ1) is 15.0. The molecule has 1 saturated heterocycles. The number of β-amino-alcohol motifs (C(OH)–C–C–N with tert-alkyl or cyclic N) is 1. The van der Waals surface area contributed by atoms with Crippen LogP contribution in [0, 0.1) is 5.92 Å². The number of aromatic nitrogens is 2. The van der Waals surface area contributed by atoms with Crippen molar-refractivity contribution < 1.29 is 9.84 Å². The van der Waals surface area contributed by atoms with Gasteiger partial charge in [-0.25, -0.2) is 0 Å². The fourth-order valence-corrected chi connectivity index (χ4v) is 2.69. The first-order valence-electron chi connectivity index (χ1n) is 7.78. The molecule has 0 amide bonds. The standard InChI is InChI=1S/C17H23N3O2/c1-12(2)4-5-22-14-6-13-7-18-9-15(16(13)19-8-14)20-10-17(3,21)11-20/h6-9,12,21H,4-5,10-11H2,1-3H3. The second-order valence-electron chi connectivity index (χ2n) is 6.79. The van der Waals surface area contributed by atoms with Crippen molar-refractivity contribution in [3.05, 3.63) is 24.7 Å². The van der Waals surface area contributed by atoms with Crippen LogP contribution in [0.1, 0.15) is 27.2 Å². The first-order chi connectivity index (χ1) is 10.4. The average Bonchev–Trinajstić information content (AvgIpc) is 2.43. The summed E-state index contributed by atoms with van der Waals surface area (Å²) >= 11 is 0. The number of anilines is 1. The summed E-state index contributed by atoms with van der Waals surface area (Å²) in [6.07, 6.45) is 6.41. The largest absolute Gasteiger partial charge is 0.492 e. The Morgan fingerprint density at radius 1 is 1.32 bits per heavy atom. The molecule has 0 radical (unpaired) electrons. The highest BCUT2D eigenvalue weighted by Crippen LogP contribution is 2.32. The molecule has 0 aliphatic carbocycles. The van der Waals surface area contributed by atoms with Crippen LogP contribution < -0.4 is 9.64 Å². The Morgan fingerprint density at radius 2 is 2.09 bits per heavy atom. The van der Waals surface area contributed by atoms with Gasteiger partial charge in [0.15, 0.2) is 0 Å². The van der Waals surface area contributed by atoms with Crippen LogP contribution in [0.4, 0.5) is 5.69 Å². The van der Waals surface area contributed by atoms with Crippen molar-refractivity contribution in [2.75, 3.05) is 24.6 Å². The molecule has 3 heterocycles. The maximum Gasteiger partial charge on any atom is 0.138 e. The quantitative estimate of drug-likeness (QED) is 0.920. The van der Waals surface area contributed by atoms with E-state index in [9.17, 15) is 5.11 Å². The van der Waals surface area contributed by atoms with Crippen molar-refractivity contribution >= 4 is 16.6 Å². The van der Waals surface area contributed by atoms with Gasteiger partial charge in [0.1, 0.15) is 5.75 Å². The van der Waals surface area contributed by atoms with Crippen LogP contribution in [-0.4, -0.2) is 40.4 Å². The van der Waals surface area contributed by atoms with Gasteiger partial charge in [-0.15, -0.1) is 0 Å². The molecule has 22 heavy (non-hydrogen) atoms. The van der Waals surface area contributed by atoms with E-state index in [2.05, 4.69) is 28.7 Å². The molecule has 3 rings (SSSR count). The molecule has 5 nitrogen and oxygen atoms in total. The van der Waals surface area contributed by atoms with Gasteiger partial charge in [-0.05, 0) is 25.3 Å². The summed E-state index contributed by atoms with van der Waals surface area (Å²) in [7, 11) is 0. The van der Waals surface area contributed by atoms with Crippen molar-refractivity contribution in [2.45, 2.75) is 32.8 Å². The number of nitrogens with zero attached hydrogens (tertiary/aromatic N) is 3. The Hall–Kier alpha value is -1.88. The molecular weight excluding hydrogens is 278 g/mol. The van der Waals surface area contributed by atoms with E-state index in [1.165, 1.54) is 0 Å². The van der Waals surface area contributed by atoms with E-state index in [1.54, 1.807) is 12.4 Å². The number of hydrogen-bond donors (Lipinski definition) is 1. The zero-order valence-electron chi connectivity index (χ0n) is 13.4. The molecule has 0 atom stereocenters. The van der Waals surface area contributed by atoms with Gasteiger partial charge in [0, 0.05) is 24.7 Å². The van der Waals surface area contributed by atoms with Crippen LogP contribution >= 0.6 is 0 Å². The molecule has 0 saturated carbocycles. The van der Waals surface area contributed by atoms with Crippen molar-refractivity contribution in [1.29, 1.82) is 0 Å². The monoisotopic (exact) mass is 301 g/mol. The van der Waals surface area contributed by atoms with Gasteiger partial charge in [-0.1, -0.05) is 13.8 Å². The van der Waals surface area contributed by atoms with E-state index in [-0.39, 0.29) is 0 Å². The van der Waals surface area contributed by atoms with E-state index in [0.29, 0.717) is 25.6 Å². The number of rotatable bonds is 5. The van der Waals surface area contributed by atoms with Gasteiger partial charge in [-0.2, -0.15) is 0 Å². The van der Waals surface area contributed by atoms with Crippen molar-refractivity contribution in [3.63, 3.8) is 0 Å². The summed E-state index contributed by atoms with van der Waals surface area (Å²) in [4.78, 5) is 10.9. The molecule has 1 aliphatic heterocycles. The van der Waals surface area contributed by atoms with Crippen LogP contribution in [0.2, 0.25) is 0 Å². The van der Waals surface area contributed by atoms with E-state index in [0.717, 1.165) is 28.8 Å². The van der Waals surface area contributed by atoms with E-state index < -0.39 is 5.60 Å². The summed E-state index contributed by atoms with van der Waals surface area (Å²) in [5.41, 5.74) is 1.27. The molecule has 0 spiro atoms. The van der Waals surface area contributed by atoms with Crippen LogP contribution in [0.5, 0.6) is 5.75 Å². The Morgan fingerprint density at radius 3 is 2.77 bits per heavy atom. The highest BCUT2D eigenvalue weighted by Gasteiger charge is 2.37. The lowest BCUT2D eigenvalue weighted by atomic mass is 9.96.